The number of H-pyrrole nitrogens is 1. The van der Waals surface area contributed by atoms with Crippen molar-refractivity contribution >= 4 is 17.0 Å². The van der Waals surface area contributed by atoms with Gasteiger partial charge in [-0.15, -0.1) is 0 Å². The van der Waals surface area contributed by atoms with Gasteiger partial charge in [0.05, 0.1) is 16.6 Å². The maximum atomic E-state index is 13.9. The van der Waals surface area contributed by atoms with Gasteiger partial charge in [-0.1, -0.05) is 6.07 Å². The summed E-state index contributed by atoms with van der Waals surface area (Å²) in [5, 5.41) is 8.98. The number of para-hydroxylation sites is 1. The second-order valence-corrected chi connectivity index (χ2v) is 4.37. The smallest absolute Gasteiger partial charge is 0.335 e. The van der Waals surface area contributed by atoms with Gasteiger partial charge < -0.3 is 10.1 Å². The molecule has 0 aliphatic rings. The molecule has 2 N–H and O–H groups in total. The summed E-state index contributed by atoms with van der Waals surface area (Å²) >= 11 is 0. The van der Waals surface area contributed by atoms with Crippen LogP contribution in [-0.4, -0.2) is 20.6 Å². The van der Waals surface area contributed by atoms with E-state index in [0.717, 1.165) is 16.7 Å². The maximum absolute atomic E-state index is 13.9. The Bertz CT molecular complexity index is 907. The van der Waals surface area contributed by atoms with Crippen LogP contribution in [0.4, 0.5) is 8.78 Å². The molecule has 2 aromatic carbocycles. The van der Waals surface area contributed by atoms with Gasteiger partial charge in [0, 0.05) is 0 Å². The molecule has 5 nitrogen and oxygen atoms in total. The zero-order valence-corrected chi connectivity index (χ0v) is 10.4. The van der Waals surface area contributed by atoms with Gasteiger partial charge in [-0.3, -0.25) is 4.57 Å². The molecular weight excluding hydrogens is 282 g/mol. The number of aromatic amines is 1. The Kier molecular flexibility index (Phi) is 2.83. The molecule has 0 aliphatic heterocycles. The van der Waals surface area contributed by atoms with Gasteiger partial charge >= 0.3 is 11.7 Å². The molecule has 0 saturated carbocycles. The Labute approximate surface area is 116 Å². The third-order valence-electron chi connectivity index (χ3n) is 3.09. The second kappa shape index (κ2) is 4.55. The molecule has 21 heavy (non-hydrogen) atoms. The molecule has 0 aliphatic carbocycles. The first-order valence-corrected chi connectivity index (χ1v) is 5.91. The van der Waals surface area contributed by atoms with Crippen LogP contribution in [0, 0.1) is 11.6 Å². The number of hydrogen-bond donors (Lipinski definition) is 2. The highest BCUT2D eigenvalue weighted by atomic mass is 19.1. The predicted molar refractivity (Wildman–Crippen MR) is 70.8 cm³/mol. The fourth-order valence-electron chi connectivity index (χ4n) is 2.16. The van der Waals surface area contributed by atoms with E-state index in [2.05, 4.69) is 4.98 Å². The summed E-state index contributed by atoms with van der Waals surface area (Å²) in [5.74, 6) is -3.04. The monoisotopic (exact) mass is 290 g/mol. The van der Waals surface area contributed by atoms with Crippen molar-refractivity contribution in [2.24, 2.45) is 0 Å². The van der Waals surface area contributed by atoms with Crippen molar-refractivity contribution in [2.45, 2.75) is 0 Å². The Morgan fingerprint density at radius 2 is 1.81 bits per heavy atom. The third-order valence-corrected chi connectivity index (χ3v) is 3.09. The first-order chi connectivity index (χ1) is 9.99. The molecule has 0 fully saturated rings. The number of aromatic carboxylic acids is 1. The van der Waals surface area contributed by atoms with Crippen molar-refractivity contribution in [1.29, 1.82) is 0 Å². The molecule has 1 aromatic heterocycles. The molecule has 0 atom stereocenters. The number of nitrogens with one attached hydrogen (secondary N) is 1. The van der Waals surface area contributed by atoms with E-state index in [4.69, 9.17) is 5.11 Å². The summed E-state index contributed by atoms with van der Waals surface area (Å²) in [7, 11) is 0. The van der Waals surface area contributed by atoms with Crippen LogP contribution in [0.2, 0.25) is 0 Å². The zero-order chi connectivity index (χ0) is 15.1. The van der Waals surface area contributed by atoms with Crippen LogP contribution in [0.15, 0.2) is 41.2 Å². The van der Waals surface area contributed by atoms with Crippen molar-refractivity contribution in [3.8, 4) is 5.69 Å². The summed E-state index contributed by atoms with van der Waals surface area (Å²) in [6, 6.07) is 7.06. The topological polar surface area (TPSA) is 75.1 Å². The number of nitrogens with zero attached hydrogens (tertiary/aromatic N) is 1. The average molecular weight is 290 g/mol. The van der Waals surface area contributed by atoms with Crippen molar-refractivity contribution < 1.29 is 18.7 Å². The van der Waals surface area contributed by atoms with Gasteiger partial charge in [0.25, 0.3) is 0 Å². The molecule has 0 radical (unpaired) electrons. The zero-order valence-electron chi connectivity index (χ0n) is 10.4. The molecule has 0 unspecified atom stereocenters. The number of imidazole rings is 1. The number of hydrogen-bond acceptors (Lipinski definition) is 2. The molecule has 0 saturated heterocycles. The lowest BCUT2D eigenvalue weighted by Crippen LogP contribution is -2.17. The van der Waals surface area contributed by atoms with Crippen LogP contribution in [0.1, 0.15) is 10.4 Å². The molecule has 0 spiro atoms. The Morgan fingerprint density at radius 1 is 1.14 bits per heavy atom. The maximum Gasteiger partial charge on any atom is 0.335 e. The summed E-state index contributed by atoms with van der Waals surface area (Å²) in [6.07, 6.45) is 0. The van der Waals surface area contributed by atoms with Gasteiger partial charge in [-0.25, -0.2) is 18.4 Å². The summed E-state index contributed by atoms with van der Waals surface area (Å²) in [6.45, 7) is 0. The van der Waals surface area contributed by atoms with E-state index in [0.29, 0.717) is 0 Å². The SMILES string of the molecule is O=C(O)c1ccc2[nH]c(=O)n(-c3c(F)cccc3F)c2c1. The molecule has 1 heterocycles. The van der Waals surface area contributed by atoms with Gasteiger partial charge in [-0.05, 0) is 30.3 Å². The minimum Gasteiger partial charge on any atom is -0.478 e. The number of rotatable bonds is 2. The van der Waals surface area contributed by atoms with Crippen LogP contribution in [0.5, 0.6) is 0 Å². The lowest BCUT2D eigenvalue weighted by atomic mass is 10.2. The number of halogens is 2. The summed E-state index contributed by atoms with van der Waals surface area (Å²) < 4.78 is 28.5. The molecule has 7 heteroatoms. The standard InChI is InChI=1S/C14H8F2N2O3/c15-8-2-1-3-9(16)12(8)18-11-6-7(13(19)20)4-5-10(11)17-14(18)21/h1-6H,(H,17,21)(H,19,20). The molecular formula is C14H8F2N2O3. The third kappa shape index (κ3) is 1.99. The molecule has 3 aromatic rings. The number of carboxylic acid groups (broad SMARTS) is 1. The number of carboxylic acids is 1. The fourth-order valence-corrected chi connectivity index (χ4v) is 2.16. The van der Waals surface area contributed by atoms with E-state index < -0.39 is 29.0 Å². The van der Waals surface area contributed by atoms with Gasteiger partial charge in [0.1, 0.15) is 17.3 Å². The Hall–Kier alpha value is -2.96. The first-order valence-electron chi connectivity index (χ1n) is 5.91. The average Bonchev–Trinajstić information content (AvgIpc) is 2.74. The minimum atomic E-state index is -1.20. The van der Waals surface area contributed by atoms with Crippen molar-refractivity contribution in [2.75, 3.05) is 0 Å². The summed E-state index contributed by atoms with van der Waals surface area (Å²) in [4.78, 5) is 25.4. The quantitative estimate of drug-likeness (QED) is 0.760. The van der Waals surface area contributed by atoms with Crippen LogP contribution in [0.25, 0.3) is 16.7 Å². The Morgan fingerprint density at radius 3 is 2.43 bits per heavy atom. The van der Waals surface area contributed by atoms with Crippen LogP contribution in [0.3, 0.4) is 0 Å². The molecule has 0 amide bonds. The predicted octanol–water partition coefficient (Wildman–Crippen LogP) is 2.30. The highest BCUT2D eigenvalue weighted by Crippen LogP contribution is 2.21. The number of carbonyl (C=O) groups is 1. The van der Waals surface area contributed by atoms with Crippen molar-refractivity contribution in [3.05, 3.63) is 64.1 Å². The van der Waals surface area contributed by atoms with Crippen LogP contribution in [-0.2, 0) is 0 Å². The second-order valence-electron chi connectivity index (χ2n) is 4.37. The number of benzene rings is 2. The van der Waals surface area contributed by atoms with Gasteiger partial charge in [-0.2, -0.15) is 0 Å². The van der Waals surface area contributed by atoms with E-state index in [9.17, 15) is 18.4 Å². The van der Waals surface area contributed by atoms with Gasteiger partial charge in [0.15, 0.2) is 0 Å². The highest BCUT2D eigenvalue weighted by molar-refractivity contribution is 5.92. The van der Waals surface area contributed by atoms with Gasteiger partial charge in [0.2, 0.25) is 0 Å². The lowest BCUT2D eigenvalue weighted by molar-refractivity contribution is 0.0697. The van der Waals surface area contributed by atoms with Crippen molar-refractivity contribution in [3.63, 3.8) is 0 Å². The van der Waals surface area contributed by atoms with Crippen LogP contribution >= 0.6 is 0 Å². The fraction of sp³-hybridized carbons (Fsp3) is 0. The Balaban J connectivity index is 2.42. The molecule has 106 valence electrons. The number of aromatic nitrogens is 2. The first kappa shape index (κ1) is 13.0. The molecule has 0 bridgehead atoms. The number of fused-ring (bicyclic) bond motifs is 1. The van der Waals surface area contributed by atoms with E-state index in [1.54, 1.807) is 0 Å². The van der Waals surface area contributed by atoms with Crippen LogP contribution < -0.4 is 5.69 Å². The molecule has 3 rings (SSSR count). The van der Waals surface area contributed by atoms with E-state index in [-0.39, 0.29) is 16.6 Å². The van der Waals surface area contributed by atoms with E-state index >= 15 is 0 Å². The summed E-state index contributed by atoms with van der Waals surface area (Å²) in [5.41, 5.74) is -1.02. The minimum absolute atomic E-state index is 0.0869. The largest absolute Gasteiger partial charge is 0.478 e. The highest BCUT2D eigenvalue weighted by Gasteiger charge is 2.17. The van der Waals surface area contributed by atoms with E-state index in [1.165, 1.54) is 24.3 Å². The van der Waals surface area contributed by atoms with Crippen molar-refractivity contribution in [1.82, 2.24) is 9.55 Å². The van der Waals surface area contributed by atoms with E-state index in [1.807, 2.05) is 0 Å². The normalized spacial score (nSPS) is 11.0. The lowest BCUT2D eigenvalue weighted by Gasteiger charge is -2.06.